The van der Waals surface area contributed by atoms with Crippen LogP contribution in [0.25, 0.3) is 0 Å². The maximum absolute atomic E-state index is 13.1. The van der Waals surface area contributed by atoms with Gasteiger partial charge >= 0.3 is 7.54 Å². The van der Waals surface area contributed by atoms with Crippen molar-refractivity contribution >= 4 is 25.1 Å². The maximum Gasteiger partial charge on any atom is 0.762 e. The number of phenols is 1. The van der Waals surface area contributed by atoms with Crippen LogP contribution in [0.15, 0.2) is 127 Å². The van der Waals surface area contributed by atoms with Gasteiger partial charge in [0.25, 0.3) is 0 Å². The number of fused-ring (bicyclic) bond motifs is 6. The third-order valence-electron chi connectivity index (χ3n) is 15.2. The van der Waals surface area contributed by atoms with Gasteiger partial charge in [-0.2, -0.15) is 11.8 Å². The Morgan fingerprint density at radius 2 is 0.836 bits per heavy atom. The lowest BCUT2D eigenvalue weighted by Gasteiger charge is -2.35. The lowest BCUT2D eigenvalue weighted by Crippen LogP contribution is -2.36. The molecular weight excluding hydrogens is 861 g/mol. The Morgan fingerprint density at radius 1 is 0.478 bits per heavy atom. The number of ether oxygens (including phenoxy) is 2. The first-order valence-electron chi connectivity index (χ1n) is 23.6. The van der Waals surface area contributed by atoms with Gasteiger partial charge in [-0.15, -0.1) is 0 Å². The number of hydrogen-bond donors (Lipinski definition) is 1. The fourth-order valence-corrected chi connectivity index (χ4v) is 12.0. The average Bonchev–Trinajstić information content (AvgIpc) is 4.01. The number of hydrogen-bond acceptors (Lipinski definition) is 5. The van der Waals surface area contributed by atoms with Crippen LogP contribution < -0.4 is 9.47 Å². The van der Waals surface area contributed by atoms with E-state index in [1.807, 2.05) is 42.8 Å². The van der Waals surface area contributed by atoms with Crippen molar-refractivity contribution in [3.63, 3.8) is 0 Å². The SMILES string of the molecule is COc1ccc2c(c1)C(=O)C1(CC2)Cc2ccccc2C1.COc1ccc2c(c1)CC1(CC2)Cc2ccccc2C1.CSC.FB(F)F.Oc1ccc2c(c1)CC1(CC2)Cc2ccccc2C1. The summed E-state index contributed by atoms with van der Waals surface area (Å²) in [5, 5.41) is 9.69. The van der Waals surface area contributed by atoms with E-state index in [1.54, 1.807) is 37.1 Å². The van der Waals surface area contributed by atoms with Crippen LogP contribution in [0.4, 0.5) is 12.9 Å². The second kappa shape index (κ2) is 20.9. The van der Waals surface area contributed by atoms with Gasteiger partial charge in [0.2, 0.25) is 0 Å². The molecule has 0 saturated heterocycles. The molecule has 348 valence electrons. The van der Waals surface area contributed by atoms with Crippen molar-refractivity contribution in [2.75, 3.05) is 26.7 Å². The van der Waals surface area contributed by atoms with Crippen LogP contribution >= 0.6 is 11.8 Å². The molecule has 6 aromatic carbocycles. The van der Waals surface area contributed by atoms with E-state index in [0.717, 1.165) is 55.6 Å². The number of methoxy groups -OCH3 is 2. The highest BCUT2D eigenvalue weighted by atomic mass is 32.2. The minimum atomic E-state index is -3.67. The van der Waals surface area contributed by atoms with Crippen LogP contribution in [-0.4, -0.2) is 45.2 Å². The van der Waals surface area contributed by atoms with Gasteiger partial charge in [-0.3, -0.25) is 17.7 Å². The second-order valence-corrected chi connectivity index (χ2v) is 20.4. The lowest BCUT2D eigenvalue weighted by atomic mass is 9.68. The second-order valence-electron chi connectivity index (χ2n) is 19.6. The van der Waals surface area contributed by atoms with Crippen molar-refractivity contribution in [2.45, 2.75) is 89.9 Å². The fourth-order valence-electron chi connectivity index (χ4n) is 12.0. The average molecular weight is 923 g/mol. The molecule has 0 fully saturated rings. The molecule has 12 rings (SSSR count). The topological polar surface area (TPSA) is 55.8 Å². The molecule has 6 aromatic rings. The molecule has 0 bridgehead atoms. The van der Waals surface area contributed by atoms with E-state index in [2.05, 4.69) is 97.1 Å². The van der Waals surface area contributed by atoms with E-state index in [4.69, 9.17) is 9.47 Å². The summed E-state index contributed by atoms with van der Waals surface area (Å²) in [5.41, 5.74) is 17.4. The van der Waals surface area contributed by atoms with Crippen molar-refractivity contribution in [1.82, 2.24) is 0 Å². The number of thioether (sulfide) groups is 1. The van der Waals surface area contributed by atoms with Gasteiger partial charge in [-0.25, -0.2) is 0 Å². The molecule has 4 nitrogen and oxygen atoms in total. The molecule has 6 aliphatic rings. The normalized spacial score (nSPS) is 17.4. The molecule has 0 atom stereocenters. The number of benzene rings is 6. The van der Waals surface area contributed by atoms with Crippen LogP contribution in [-0.2, 0) is 70.6 Å². The van der Waals surface area contributed by atoms with Gasteiger partial charge in [0.05, 0.1) is 14.2 Å². The molecule has 6 aliphatic carbocycles. The number of phenolic OH excluding ortho intramolecular Hbond substituents is 1. The number of rotatable bonds is 2. The largest absolute Gasteiger partial charge is 0.762 e. The third kappa shape index (κ3) is 10.8. The molecule has 3 spiro atoms. The highest BCUT2D eigenvalue weighted by molar-refractivity contribution is 7.97. The minimum absolute atomic E-state index is 0.219. The van der Waals surface area contributed by atoms with Gasteiger partial charge in [-0.1, -0.05) is 91.0 Å². The number of carbonyl (C=O) groups excluding carboxylic acids is 1. The predicted octanol–water partition coefficient (Wildman–Crippen LogP) is 13.1. The highest BCUT2D eigenvalue weighted by Crippen LogP contribution is 2.49. The molecular formula is C58H62BF3O4S. The molecule has 0 saturated carbocycles. The quantitative estimate of drug-likeness (QED) is 0.175. The van der Waals surface area contributed by atoms with E-state index in [-0.39, 0.29) is 5.41 Å². The zero-order valence-corrected chi connectivity index (χ0v) is 40.1. The monoisotopic (exact) mass is 922 g/mol. The maximum atomic E-state index is 13.1. The first-order valence-corrected chi connectivity index (χ1v) is 25.2. The third-order valence-corrected chi connectivity index (χ3v) is 15.2. The van der Waals surface area contributed by atoms with Crippen molar-refractivity contribution in [1.29, 1.82) is 0 Å². The molecule has 0 amide bonds. The Labute approximate surface area is 400 Å². The molecule has 0 unspecified atom stereocenters. The van der Waals surface area contributed by atoms with Gasteiger partial charge in [-0.05, 0) is 211 Å². The Morgan fingerprint density at radius 3 is 1.28 bits per heavy atom. The molecule has 0 radical (unpaired) electrons. The van der Waals surface area contributed by atoms with Crippen molar-refractivity contribution in [3.8, 4) is 17.2 Å². The number of aryl methyl sites for hydroxylation is 3. The van der Waals surface area contributed by atoms with Crippen LogP contribution in [0, 0.1) is 16.2 Å². The molecule has 67 heavy (non-hydrogen) atoms. The zero-order valence-electron chi connectivity index (χ0n) is 39.3. The Hall–Kier alpha value is -5.41. The van der Waals surface area contributed by atoms with E-state index in [0.29, 0.717) is 22.4 Å². The summed E-state index contributed by atoms with van der Waals surface area (Å²) >= 11 is 1.75. The first kappa shape index (κ1) is 48.1. The van der Waals surface area contributed by atoms with Crippen LogP contribution in [0.5, 0.6) is 17.2 Å². The predicted molar refractivity (Wildman–Crippen MR) is 268 cm³/mol. The molecule has 0 aromatic heterocycles. The van der Waals surface area contributed by atoms with Crippen molar-refractivity contribution in [3.05, 3.63) is 194 Å². The summed E-state index contributed by atoms with van der Waals surface area (Å²) in [6.45, 7) is 0. The number of halogens is 3. The fraction of sp³-hybridized carbons (Fsp3) is 0.362. The van der Waals surface area contributed by atoms with Gasteiger partial charge < -0.3 is 14.6 Å². The first-order chi connectivity index (χ1) is 32.4. The minimum Gasteiger partial charge on any atom is -0.508 e. The Kier molecular flexibility index (Phi) is 15.0. The summed E-state index contributed by atoms with van der Waals surface area (Å²) in [7, 11) is -0.262. The number of Topliss-reactive ketones (excluding diaryl/α,β-unsaturated/α-hetero) is 1. The summed E-state index contributed by atoms with van der Waals surface area (Å²) in [5.74, 6) is 2.48. The summed E-state index contributed by atoms with van der Waals surface area (Å²) in [6.07, 6.45) is 20.0. The van der Waals surface area contributed by atoms with Gasteiger partial charge in [0.1, 0.15) is 17.2 Å². The number of aromatic hydroxyl groups is 1. The molecule has 0 aliphatic heterocycles. The van der Waals surface area contributed by atoms with E-state index >= 15 is 0 Å². The molecule has 0 heterocycles. The summed E-state index contributed by atoms with van der Waals surface area (Å²) < 4.78 is 39.7. The lowest BCUT2D eigenvalue weighted by molar-refractivity contribution is 0.0770. The van der Waals surface area contributed by atoms with Crippen molar-refractivity contribution < 1.29 is 32.3 Å². The number of carbonyl (C=O) groups is 1. The summed E-state index contributed by atoms with van der Waals surface area (Å²) in [6, 6.07) is 44.7. The molecule has 1 N–H and O–H groups in total. The standard InChI is InChI=1S/C19H18O2.C19H20O.C18H18O.C2H6S.BF3/c1-21-16-7-6-13-8-9-19(18(20)17(13)10-16)11-14-4-2-3-5-15(14)12-19;1-20-18-7-6-14-8-9-19(13-17(14)10-18)11-15-4-2-3-5-16(15)12-19;19-17-6-5-13-7-8-18(12-16(13)9-17)10-14-3-1-2-4-15(14)11-18;1-3-2;2-1(3)4/h2-7,10H,8-9,11-12H2,1H3;2-7,10H,8-9,11-13H2,1H3;1-6,9,19H,7-8,10-12H2;1-2H3;. The van der Waals surface area contributed by atoms with Crippen LogP contribution in [0.3, 0.4) is 0 Å². The highest BCUT2D eigenvalue weighted by Gasteiger charge is 2.46. The van der Waals surface area contributed by atoms with Crippen LogP contribution in [0.1, 0.15) is 90.8 Å². The van der Waals surface area contributed by atoms with E-state index in [1.165, 1.54) is 101 Å². The number of ketones is 1. The zero-order chi connectivity index (χ0) is 47.2. The summed E-state index contributed by atoms with van der Waals surface area (Å²) in [4.78, 5) is 13.1. The van der Waals surface area contributed by atoms with Crippen molar-refractivity contribution in [2.24, 2.45) is 16.2 Å². The van der Waals surface area contributed by atoms with E-state index in [9.17, 15) is 22.8 Å². The van der Waals surface area contributed by atoms with E-state index < -0.39 is 7.54 Å². The molecule has 9 heteroatoms. The van der Waals surface area contributed by atoms with Gasteiger partial charge in [0, 0.05) is 11.0 Å². The Bertz CT molecular complexity index is 2620. The van der Waals surface area contributed by atoms with Gasteiger partial charge in [0.15, 0.2) is 5.78 Å². The van der Waals surface area contributed by atoms with Crippen LogP contribution in [0.2, 0.25) is 0 Å². The smallest absolute Gasteiger partial charge is 0.508 e. The Balaban J connectivity index is 0.000000127.